The monoisotopic (exact) mass is 299 g/mol. The van der Waals surface area contributed by atoms with Crippen molar-refractivity contribution in [2.24, 2.45) is 5.73 Å². The Balaban J connectivity index is 3.14. The smallest absolute Gasteiger partial charge is 0.417 e. The Labute approximate surface area is 119 Å². The van der Waals surface area contributed by atoms with Gasteiger partial charge in [0.1, 0.15) is 5.75 Å². The second-order valence-corrected chi connectivity index (χ2v) is 4.08. The van der Waals surface area contributed by atoms with Crippen molar-refractivity contribution < 1.29 is 24.5 Å². The first kappa shape index (κ1) is 15.5. The lowest BCUT2D eigenvalue weighted by Crippen LogP contribution is -2.34. The van der Waals surface area contributed by atoms with Crippen LogP contribution >= 0.6 is 12.2 Å². The van der Waals surface area contributed by atoms with E-state index in [4.69, 9.17) is 32.9 Å². The van der Waals surface area contributed by atoms with E-state index in [-0.39, 0.29) is 22.3 Å². The molecule has 108 valence electrons. The van der Waals surface area contributed by atoms with Gasteiger partial charge in [-0.25, -0.2) is 14.5 Å². The fourth-order valence-corrected chi connectivity index (χ4v) is 1.68. The number of carboxylic acid groups (broad SMARTS) is 2. The van der Waals surface area contributed by atoms with Gasteiger partial charge in [0, 0.05) is 5.56 Å². The maximum atomic E-state index is 10.9. The molecule has 1 rings (SSSR count). The largest absolute Gasteiger partial charge is 0.494 e. The summed E-state index contributed by atoms with van der Waals surface area (Å²) in [5.74, 6) is 0.271. The van der Waals surface area contributed by atoms with Gasteiger partial charge in [-0.2, -0.15) is 0 Å². The molecule has 5 N–H and O–H groups in total. The quantitative estimate of drug-likeness (QED) is 0.616. The minimum absolute atomic E-state index is 0.00813. The molecule has 0 saturated carbocycles. The maximum absolute atomic E-state index is 10.9. The van der Waals surface area contributed by atoms with E-state index in [0.717, 1.165) is 0 Å². The fraction of sp³-hybridized carbons (Fsp3) is 0.182. The van der Waals surface area contributed by atoms with E-state index in [1.54, 1.807) is 18.2 Å². The zero-order valence-electron chi connectivity index (χ0n) is 10.5. The molecule has 0 radical (unpaired) electrons. The molecule has 0 aliphatic heterocycles. The van der Waals surface area contributed by atoms with Crippen molar-refractivity contribution in [3.8, 4) is 5.75 Å². The number of thiocarbonyl (C=S) groups is 1. The summed E-state index contributed by atoms with van der Waals surface area (Å²) in [4.78, 5) is 21.9. The van der Waals surface area contributed by atoms with Gasteiger partial charge in [-0.05, 0) is 18.3 Å². The number of ether oxygens (including phenoxy) is 1. The van der Waals surface area contributed by atoms with Gasteiger partial charge in [0.05, 0.1) is 19.3 Å². The minimum atomic E-state index is -1.58. The first-order valence-corrected chi connectivity index (χ1v) is 5.73. The van der Waals surface area contributed by atoms with Crippen LogP contribution in [0.4, 0.5) is 15.3 Å². The average Bonchev–Trinajstić information content (AvgIpc) is 2.34. The molecule has 0 aromatic heterocycles. The lowest BCUT2D eigenvalue weighted by molar-refractivity contribution is 0.120. The summed E-state index contributed by atoms with van der Waals surface area (Å²) >= 11 is 4.71. The van der Waals surface area contributed by atoms with E-state index in [2.05, 4.69) is 5.32 Å². The molecule has 2 amide bonds. The van der Waals surface area contributed by atoms with Crippen LogP contribution in [-0.2, 0) is 6.54 Å². The van der Waals surface area contributed by atoms with Crippen molar-refractivity contribution in [2.75, 3.05) is 12.4 Å². The molecular formula is C11H13N3O5S. The number of carbonyl (C=O) groups is 2. The molecule has 0 fully saturated rings. The van der Waals surface area contributed by atoms with Gasteiger partial charge in [0.15, 0.2) is 5.11 Å². The summed E-state index contributed by atoms with van der Waals surface area (Å²) in [6, 6.07) is 4.76. The Kier molecular flexibility index (Phi) is 5.09. The highest BCUT2D eigenvalue weighted by Crippen LogP contribution is 2.29. The molecule has 0 saturated heterocycles. The van der Waals surface area contributed by atoms with Crippen LogP contribution in [0.1, 0.15) is 5.56 Å². The molecular weight excluding hydrogens is 286 g/mol. The van der Waals surface area contributed by atoms with Crippen molar-refractivity contribution in [3.05, 3.63) is 23.8 Å². The summed E-state index contributed by atoms with van der Waals surface area (Å²) < 4.78 is 5.15. The molecule has 0 aliphatic rings. The molecule has 9 heteroatoms. The molecule has 1 aromatic carbocycles. The zero-order valence-corrected chi connectivity index (χ0v) is 11.3. The van der Waals surface area contributed by atoms with Crippen LogP contribution in [0.25, 0.3) is 0 Å². The number of nitrogens with zero attached hydrogens (tertiary/aromatic N) is 1. The number of anilines is 1. The number of hydrogen-bond donors (Lipinski definition) is 4. The zero-order chi connectivity index (χ0) is 15.3. The van der Waals surface area contributed by atoms with E-state index in [0.29, 0.717) is 11.3 Å². The summed E-state index contributed by atoms with van der Waals surface area (Å²) in [6.45, 7) is -0.374. The Morgan fingerprint density at radius 3 is 2.45 bits per heavy atom. The SMILES string of the molecule is COc1c(CN(C(=O)O)C(=O)O)cccc1NC(N)=S. The highest BCUT2D eigenvalue weighted by molar-refractivity contribution is 7.80. The Morgan fingerprint density at radius 1 is 1.40 bits per heavy atom. The summed E-state index contributed by atoms with van der Waals surface area (Å²) in [5.41, 5.74) is 6.15. The van der Waals surface area contributed by atoms with Crippen molar-refractivity contribution in [2.45, 2.75) is 6.54 Å². The maximum Gasteiger partial charge on any atom is 0.417 e. The van der Waals surface area contributed by atoms with Crippen molar-refractivity contribution >= 4 is 35.2 Å². The third kappa shape index (κ3) is 3.72. The van der Waals surface area contributed by atoms with Crippen LogP contribution in [0.2, 0.25) is 0 Å². The molecule has 0 bridgehead atoms. The number of hydrogen-bond acceptors (Lipinski definition) is 4. The van der Waals surface area contributed by atoms with E-state index in [9.17, 15) is 9.59 Å². The second-order valence-electron chi connectivity index (χ2n) is 3.64. The summed E-state index contributed by atoms with van der Waals surface area (Å²) in [6.07, 6.45) is -3.15. The predicted octanol–water partition coefficient (Wildman–Crippen LogP) is 1.51. The Morgan fingerprint density at radius 2 is 2.00 bits per heavy atom. The van der Waals surface area contributed by atoms with Gasteiger partial charge in [-0.1, -0.05) is 12.1 Å². The molecule has 0 spiro atoms. The van der Waals surface area contributed by atoms with Crippen molar-refractivity contribution in [1.29, 1.82) is 0 Å². The van der Waals surface area contributed by atoms with Crippen molar-refractivity contribution in [1.82, 2.24) is 4.90 Å². The second kappa shape index (κ2) is 6.57. The highest BCUT2D eigenvalue weighted by atomic mass is 32.1. The van der Waals surface area contributed by atoms with Crippen LogP contribution < -0.4 is 15.8 Å². The average molecular weight is 299 g/mol. The molecule has 0 unspecified atom stereocenters. The van der Waals surface area contributed by atoms with Crippen LogP contribution in [-0.4, -0.2) is 39.5 Å². The van der Waals surface area contributed by atoms with Crippen LogP contribution in [0, 0.1) is 0 Å². The molecule has 1 aromatic rings. The van der Waals surface area contributed by atoms with Crippen LogP contribution in [0.5, 0.6) is 5.75 Å². The topological polar surface area (TPSA) is 125 Å². The van der Waals surface area contributed by atoms with Crippen LogP contribution in [0.3, 0.4) is 0 Å². The highest BCUT2D eigenvalue weighted by Gasteiger charge is 2.22. The molecule has 20 heavy (non-hydrogen) atoms. The third-order valence-corrected chi connectivity index (χ3v) is 2.45. The lowest BCUT2D eigenvalue weighted by Gasteiger charge is -2.18. The van der Waals surface area contributed by atoms with Crippen molar-refractivity contribution in [3.63, 3.8) is 0 Å². The Bertz CT molecular complexity index is 535. The van der Waals surface area contributed by atoms with E-state index < -0.39 is 12.2 Å². The number of rotatable bonds is 4. The van der Waals surface area contributed by atoms with E-state index >= 15 is 0 Å². The molecule has 0 atom stereocenters. The number of imide groups is 1. The lowest BCUT2D eigenvalue weighted by atomic mass is 10.1. The van der Waals surface area contributed by atoms with Gasteiger partial charge in [-0.15, -0.1) is 0 Å². The third-order valence-electron chi connectivity index (χ3n) is 2.35. The number of nitrogens with two attached hydrogens (primary N) is 1. The number of amides is 2. The number of nitrogens with one attached hydrogen (secondary N) is 1. The van der Waals surface area contributed by atoms with Gasteiger partial charge in [-0.3, -0.25) is 0 Å². The van der Waals surface area contributed by atoms with Crippen LogP contribution in [0.15, 0.2) is 18.2 Å². The van der Waals surface area contributed by atoms with Gasteiger partial charge >= 0.3 is 12.2 Å². The fourth-order valence-electron chi connectivity index (χ4n) is 1.57. The van der Waals surface area contributed by atoms with Gasteiger partial charge in [0.2, 0.25) is 0 Å². The van der Waals surface area contributed by atoms with E-state index in [1.807, 2.05) is 0 Å². The van der Waals surface area contributed by atoms with Gasteiger partial charge in [0.25, 0.3) is 0 Å². The first-order chi connectivity index (χ1) is 9.36. The number of para-hydroxylation sites is 1. The summed E-state index contributed by atoms with van der Waals surface area (Å²) in [5, 5.41) is 20.3. The Hall–Kier alpha value is -2.55. The number of benzene rings is 1. The summed E-state index contributed by atoms with van der Waals surface area (Å²) in [7, 11) is 1.37. The van der Waals surface area contributed by atoms with E-state index in [1.165, 1.54) is 7.11 Å². The first-order valence-electron chi connectivity index (χ1n) is 5.32. The molecule has 0 aliphatic carbocycles. The number of methoxy groups -OCH3 is 1. The van der Waals surface area contributed by atoms with Gasteiger partial charge < -0.3 is 26.0 Å². The standard InChI is InChI=1S/C11H13N3O5S/c1-19-8-6(5-14(10(15)16)11(17)18)3-2-4-7(8)13-9(12)20/h2-4H,5H2,1H3,(H,15,16)(H,17,18)(H3,12,13,20). The molecule has 0 heterocycles. The predicted molar refractivity (Wildman–Crippen MR) is 75.0 cm³/mol. The minimum Gasteiger partial charge on any atom is -0.494 e. The normalized spacial score (nSPS) is 9.65. The molecule has 8 nitrogen and oxygen atoms in total.